The Kier molecular flexibility index (Phi) is 9.10. The first-order valence-electron chi connectivity index (χ1n) is 5.44. The van der Waals surface area contributed by atoms with Gasteiger partial charge in [-0.2, -0.15) is 0 Å². The maximum absolute atomic E-state index is 7.00. The summed E-state index contributed by atoms with van der Waals surface area (Å²) in [7, 11) is 2.56. The van der Waals surface area contributed by atoms with Gasteiger partial charge in [0.25, 0.3) is 0 Å². The summed E-state index contributed by atoms with van der Waals surface area (Å²) in [5.41, 5.74) is 0. The first-order chi connectivity index (χ1) is 7.70. The minimum Gasteiger partial charge on any atom is -0.400 e. The van der Waals surface area contributed by atoms with Crippen LogP contribution in [0.1, 0.15) is 6.42 Å². The molecule has 16 heavy (non-hydrogen) atoms. The minimum atomic E-state index is -1.87. The fourth-order valence-electron chi connectivity index (χ4n) is 1.16. The molecule has 0 aliphatic carbocycles. The summed E-state index contributed by atoms with van der Waals surface area (Å²) in [5.74, 6) is 0. The van der Waals surface area contributed by atoms with Crippen molar-refractivity contribution in [3.63, 3.8) is 0 Å². The van der Waals surface area contributed by atoms with Gasteiger partial charge in [-0.25, -0.2) is 0 Å². The van der Waals surface area contributed by atoms with Crippen LogP contribution in [0.2, 0.25) is 12.6 Å². The molecule has 1 aliphatic rings. The first-order valence-corrected chi connectivity index (χ1v) is 7.97. The molecule has 1 N–H and O–H groups in total. The lowest BCUT2D eigenvalue weighted by molar-refractivity contribution is 0.114. The van der Waals surface area contributed by atoms with Crippen molar-refractivity contribution in [2.45, 2.75) is 25.1 Å². The van der Waals surface area contributed by atoms with Crippen molar-refractivity contribution < 1.29 is 23.4 Å². The molecule has 1 aliphatic heterocycles. The van der Waals surface area contributed by atoms with Crippen LogP contribution in [0.25, 0.3) is 0 Å². The Morgan fingerprint density at radius 2 is 1.88 bits per heavy atom. The number of hydrogen-bond donors (Lipinski definition) is 1. The van der Waals surface area contributed by atoms with Crippen LogP contribution in [0.4, 0.5) is 0 Å². The molecule has 1 rings (SSSR count). The average Bonchev–Trinajstić information content (AvgIpc) is 3.15. The normalized spacial score (nSPS) is 18.9. The number of ether oxygens (including phenoxy) is 2. The Bertz CT molecular complexity index is 159. The van der Waals surface area contributed by atoms with Gasteiger partial charge in [0.15, 0.2) is 0 Å². The van der Waals surface area contributed by atoms with Crippen molar-refractivity contribution in [2.75, 3.05) is 41.2 Å². The summed E-state index contributed by atoms with van der Waals surface area (Å²) in [4.78, 5) is 0. The molecular weight excluding hydrogens is 228 g/mol. The maximum atomic E-state index is 7.00. The highest BCUT2D eigenvalue weighted by molar-refractivity contribution is 6.65. The topological polar surface area (TPSA) is 60.5 Å². The predicted octanol–water partition coefficient (Wildman–Crippen LogP) is 0.765. The van der Waals surface area contributed by atoms with Crippen LogP contribution in [0, 0.1) is 0 Å². The van der Waals surface area contributed by atoms with Crippen LogP contribution in [0.5, 0.6) is 0 Å². The van der Waals surface area contributed by atoms with E-state index in [2.05, 4.69) is 6.55 Å². The van der Waals surface area contributed by atoms with E-state index < -0.39 is 8.56 Å². The van der Waals surface area contributed by atoms with Crippen molar-refractivity contribution in [3.8, 4) is 0 Å². The molecule has 0 saturated carbocycles. The number of epoxide rings is 1. The summed E-state index contributed by atoms with van der Waals surface area (Å²) in [6.45, 7) is 4.44. The van der Waals surface area contributed by atoms with E-state index in [0.717, 1.165) is 39.4 Å². The number of rotatable bonds is 8. The lowest BCUT2D eigenvalue weighted by atomic mass is 10.5. The second-order valence-electron chi connectivity index (χ2n) is 3.68. The Hall–Kier alpha value is 0.0169. The van der Waals surface area contributed by atoms with Gasteiger partial charge in [0.1, 0.15) is 6.10 Å². The van der Waals surface area contributed by atoms with Crippen LogP contribution in [-0.4, -0.2) is 60.9 Å². The standard InChI is InChI=1S/C9H20O4Si.CH4O/c1-10-14(3,11-2)6-4-5-12-7-9-8-13-9;1-2/h9H,4-8H2,1-3H3;2H,1H3. The molecule has 1 atom stereocenters. The SMILES string of the molecule is CO.CO[Si](C)(CCCOCC1CO1)OC. The number of aliphatic hydroxyl groups excluding tert-OH is 1. The van der Waals surface area contributed by atoms with Crippen molar-refractivity contribution >= 4 is 8.56 Å². The van der Waals surface area contributed by atoms with Crippen molar-refractivity contribution in [1.29, 1.82) is 0 Å². The molecule has 0 radical (unpaired) electrons. The average molecular weight is 252 g/mol. The van der Waals surface area contributed by atoms with Crippen LogP contribution in [-0.2, 0) is 18.3 Å². The fraction of sp³-hybridized carbons (Fsp3) is 1.00. The van der Waals surface area contributed by atoms with E-state index in [1.165, 1.54) is 0 Å². The second-order valence-corrected chi connectivity index (χ2v) is 7.26. The lowest BCUT2D eigenvalue weighted by Crippen LogP contribution is -2.36. The summed E-state index contributed by atoms with van der Waals surface area (Å²) in [6.07, 6.45) is 1.36. The summed E-state index contributed by atoms with van der Waals surface area (Å²) >= 11 is 0. The van der Waals surface area contributed by atoms with E-state index in [9.17, 15) is 0 Å². The van der Waals surface area contributed by atoms with E-state index in [4.69, 9.17) is 23.4 Å². The van der Waals surface area contributed by atoms with Gasteiger partial charge in [-0.15, -0.1) is 0 Å². The van der Waals surface area contributed by atoms with Crippen LogP contribution in [0.15, 0.2) is 0 Å². The minimum absolute atomic E-state index is 0.364. The third-order valence-electron chi connectivity index (χ3n) is 2.49. The van der Waals surface area contributed by atoms with E-state index >= 15 is 0 Å². The molecule has 0 amide bonds. The van der Waals surface area contributed by atoms with Gasteiger partial charge in [-0.05, 0) is 19.0 Å². The van der Waals surface area contributed by atoms with Gasteiger partial charge in [0, 0.05) is 27.9 Å². The lowest BCUT2D eigenvalue weighted by Gasteiger charge is -2.22. The van der Waals surface area contributed by atoms with Crippen LogP contribution in [0.3, 0.4) is 0 Å². The molecule has 1 heterocycles. The molecule has 0 aromatic rings. The third-order valence-corrected chi connectivity index (χ3v) is 5.48. The molecule has 0 spiro atoms. The molecule has 0 aromatic carbocycles. The fourth-order valence-corrected chi connectivity index (χ4v) is 2.52. The van der Waals surface area contributed by atoms with Gasteiger partial charge < -0.3 is 23.4 Å². The zero-order valence-electron chi connectivity index (χ0n) is 10.7. The van der Waals surface area contributed by atoms with Gasteiger partial charge in [0.05, 0.1) is 13.2 Å². The summed E-state index contributed by atoms with van der Waals surface area (Å²) in [5, 5.41) is 7.00. The largest absolute Gasteiger partial charge is 0.400 e. The van der Waals surface area contributed by atoms with E-state index in [1.807, 2.05) is 0 Å². The number of hydrogen-bond acceptors (Lipinski definition) is 5. The molecule has 5 nitrogen and oxygen atoms in total. The van der Waals surface area contributed by atoms with E-state index in [-0.39, 0.29) is 0 Å². The smallest absolute Gasteiger partial charge is 0.334 e. The zero-order valence-corrected chi connectivity index (χ0v) is 11.7. The highest BCUT2D eigenvalue weighted by Crippen LogP contribution is 2.14. The Morgan fingerprint density at radius 3 is 2.31 bits per heavy atom. The highest BCUT2D eigenvalue weighted by atomic mass is 28.4. The van der Waals surface area contributed by atoms with Gasteiger partial charge in [-0.1, -0.05) is 0 Å². The molecule has 1 fully saturated rings. The predicted molar refractivity (Wildman–Crippen MR) is 63.8 cm³/mol. The molecule has 0 aromatic heterocycles. The quantitative estimate of drug-likeness (QED) is 0.393. The number of aliphatic hydroxyl groups is 1. The molecule has 1 unspecified atom stereocenters. The van der Waals surface area contributed by atoms with Gasteiger partial charge >= 0.3 is 8.56 Å². The third kappa shape index (κ3) is 7.32. The Labute approximate surface area is 98.9 Å². The zero-order chi connectivity index (χ0) is 12.4. The maximum Gasteiger partial charge on any atom is 0.334 e. The molecule has 6 heteroatoms. The first kappa shape index (κ1) is 16.0. The van der Waals surface area contributed by atoms with Gasteiger partial charge in [0.2, 0.25) is 0 Å². The highest BCUT2D eigenvalue weighted by Gasteiger charge is 2.28. The van der Waals surface area contributed by atoms with E-state index in [1.54, 1.807) is 14.2 Å². The van der Waals surface area contributed by atoms with Crippen LogP contribution >= 0.6 is 0 Å². The van der Waals surface area contributed by atoms with Gasteiger partial charge in [-0.3, -0.25) is 0 Å². The summed E-state index contributed by atoms with van der Waals surface area (Å²) in [6, 6.07) is 0.978. The van der Waals surface area contributed by atoms with Crippen molar-refractivity contribution in [3.05, 3.63) is 0 Å². The van der Waals surface area contributed by atoms with Crippen molar-refractivity contribution in [1.82, 2.24) is 0 Å². The Balaban J connectivity index is 0.00000106. The summed E-state index contributed by atoms with van der Waals surface area (Å²) < 4.78 is 21.2. The molecule has 98 valence electrons. The Morgan fingerprint density at radius 1 is 1.31 bits per heavy atom. The van der Waals surface area contributed by atoms with Crippen molar-refractivity contribution in [2.24, 2.45) is 0 Å². The molecule has 0 bridgehead atoms. The van der Waals surface area contributed by atoms with Crippen LogP contribution < -0.4 is 0 Å². The monoisotopic (exact) mass is 252 g/mol. The second kappa shape index (κ2) is 9.09. The molecule has 1 saturated heterocycles. The van der Waals surface area contributed by atoms with E-state index in [0.29, 0.717) is 6.10 Å². The molecular formula is C10H24O5Si.